The van der Waals surface area contributed by atoms with Gasteiger partial charge in [-0.15, -0.1) is 0 Å². The molecule has 5 heteroatoms. The Morgan fingerprint density at radius 3 is 2.57 bits per heavy atom. The summed E-state index contributed by atoms with van der Waals surface area (Å²) in [6.07, 6.45) is 1.81. The maximum absolute atomic E-state index is 6.09. The summed E-state index contributed by atoms with van der Waals surface area (Å²) in [5, 5.41) is 4.69. The van der Waals surface area contributed by atoms with Gasteiger partial charge in [0.2, 0.25) is 0 Å². The molecule has 0 saturated heterocycles. The Morgan fingerprint density at radius 1 is 1.22 bits per heavy atom. The van der Waals surface area contributed by atoms with Crippen LogP contribution in [0.15, 0.2) is 42.6 Å². The van der Waals surface area contributed by atoms with E-state index in [4.69, 9.17) is 23.8 Å². The van der Waals surface area contributed by atoms with E-state index in [1.807, 2.05) is 49.5 Å². The molecule has 0 bridgehead atoms. The van der Waals surface area contributed by atoms with Gasteiger partial charge in [-0.25, -0.2) is 0 Å². The van der Waals surface area contributed by atoms with E-state index in [1.54, 1.807) is 0 Å². The number of nitrogens with one attached hydrogen (secondary N) is 1. The zero-order valence-corrected chi connectivity index (χ0v) is 15.4. The second-order valence-corrected chi connectivity index (χ2v) is 6.64. The van der Waals surface area contributed by atoms with Crippen molar-refractivity contribution in [2.45, 2.75) is 39.8 Å². The minimum absolute atomic E-state index is 0.0793. The summed E-state index contributed by atoms with van der Waals surface area (Å²) in [5.41, 5.74) is 3.03. The average Bonchev–Trinajstić information content (AvgIpc) is 2.51. The Bertz CT molecular complexity index is 673. The number of nitrogens with zero attached hydrogens (tertiary/aromatic N) is 2. The second kappa shape index (κ2) is 7.75. The van der Waals surface area contributed by atoms with Crippen LogP contribution in [0.25, 0.3) is 0 Å². The van der Waals surface area contributed by atoms with Crippen molar-refractivity contribution in [1.82, 2.24) is 9.88 Å². The normalized spacial score (nSPS) is 12.1. The maximum atomic E-state index is 6.09. The molecule has 0 aliphatic rings. The summed E-state index contributed by atoms with van der Waals surface area (Å²) < 4.78 is 0. The number of rotatable bonds is 4. The third-order valence-corrected chi connectivity index (χ3v) is 4.31. The number of thiocarbonyl (C=S) groups is 1. The highest BCUT2D eigenvalue weighted by molar-refractivity contribution is 7.80. The highest BCUT2D eigenvalue weighted by Gasteiger charge is 2.22. The largest absolute Gasteiger partial charge is 0.338 e. The summed E-state index contributed by atoms with van der Waals surface area (Å²) in [4.78, 5) is 6.60. The zero-order chi connectivity index (χ0) is 17.0. The van der Waals surface area contributed by atoms with E-state index >= 15 is 0 Å². The number of halogens is 1. The van der Waals surface area contributed by atoms with Crippen molar-refractivity contribution in [3.05, 3.63) is 58.9 Å². The van der Waals surface area contributed by atoms with Crippen LogP contribution in [-0.4, -0.2) is 21.0 Å². The van der Waals surface area contributed by atoms with E-state index in [-0.39, 0.29) is 12.1 Å². The number of pyridine rings is 1. The van der Waals surface area contributed by atoms with Crippen molar-refractivity contribution >= 4 is 34.6 Å². The van der Waals surface area contributed by atoms with Crippen molar-refractivity contribution in [3.63, 3.8) is 0 Å². The molecule has 1 heterocycles. The first-order valence-electron chi connectivity index (χ1n) is 7.66. The number of hydrogen-bond donors (Lipinski definition) is 1. The fourth-order valence-corrected chi connectivity index (χ4v) is 3.18. The zero-order valence-electron chi connectivity index (χ0n) is 13.9. The molecule has 0 aliphatic heterocycles. The van der Waals surface area contributed by atoms with Crippen LogP contribution >= 0.6 is 23.8 Å². The van der Waals surface area contributed by atoms with Gasteiger partial charge in [-0.1, -0.05) is 23.7 Å². The van der Waals surface area contributed by atoms with Crippen molar-refractivity contribution in [1.29, 1.82) is 0 Å². The molecule has 122 valence electrons. The van der Waals surface area contributed by atoms with Crippen LogP contribution in [0.2, 0.25) is 5.02 Å². The van der Waals surface area contributed by atoms with Gasteiger partial charge in [0, 0.05) is 22.9 Å². The molecule has 1 atom stereocenters. The van der Waals surface area contributed by atoms with Gasteiger partial charge in [0.05, 0.1) is 11.7 Å². The Labute approximate surface area is 148 Å². The van der Waals surface area contributed by atoms with Crippen LogP contribution in [0, 0.1) is 6.92 Å². The van der Waals surface area contributed by atoms with Gasteiger partial charge in [-0.05, 0) is 69.7 Å². The Hall–Kier alpha value is -1.65. The molecule has 0 amide bonds. The first-order chi connectivity index (χ1) is 10.9. The molecule has 1 aromatic carbocycles. The number of hydrogen-bond acceptors (Lipinski definition) is 2. The number of aryl methyl sites for hydroxylation is 1. The molecule has 1 aromatic heterocycles. The maximum Gasteiger partial charge on any atom is 0.174 e. The fraction of sp³-hybridized carbons (Fsp3) is 0.333. The van der Waals surface area contributed by atoms with E-state index in [0.717, 1.165) is 16.9 Å². The van der Waals surface area contributed by atoms with Gasteiger partial charge < -0.3 is 10.2 Å². The van der Waals surface area contributed by atoms with Crippen molar-refractivity contribution in [3.8, 4) is 0 Å². The average molecular weight is 348 g/mol. The number of anilines is 1. The summed E-state index contributed by atoms with van der Waals surface area (Å²) >= 11 is 11.8. The molecule has 2 aromatic rings. The minimum atomic E-state index is 0.0793. The van der Waals surface area contributed by atoms with Gasteiger partial charge in [0.25, 0.3) is 0 Å². The molecule has 3 nitrogen and oxygen atoms in total. The molecule has 1 unspecified atom stereocenters. The lowest BCUT2D eigenvalue weighted by Gasteiger charge is -2.35. The molecule has 0 spiro atoms. The Balaban J connectivity index is 2.24. The van der Waals surface area contributed by atoms with Gasteiger partial charge in [-0.3, -0.25) is 4.98 Å². The summed E-state index contributed by atoms with van der Waals surface area (Å²) in [6.45, 7) is 8.39. The van der Waals surface area contributed by atoms with Crippen LogP contribution in [0.5, 0.6) is 0 Å². The first kappa shape index (κ1) is 17.7. The van der Waals surface area contributed by atoms with Crippen LogP contribution < -0.4 is 5.32 Å². The van der Waals surface area contributed by atoms with E-state index in [1.165, 1.54) is 0 Å². The summed E-state index contributed by atoms with van der Waals surface area (Å²) in [7, 11) is 0. The minimum Gasteiger partial charge on any atom is -0.338 e. The lowest BCUT2D eigenvalue weighted by Crippen LogP contribution is -2.42. The molecular formula is C18H22ClN3S. The third-order valence-electron chi connectivity index (χ3n) is 3.77. The molecule has 2 rings (SSSR count). The first-order valence-corrected chi connectivity index (χ1v) is 8.45. The van der Waals surface area contributed by atoms with Crippen molar-refractivity contribution < 1.29 is 0 Å². The topological polar surface area (TPSA) is 28.2 Å². The molecule has 0 aliphatic carbocycles. The third kappa shape index (κ3) is 4.43. The Kier molecular flexibility index (Phi) is 5.97. The van der Waals surface area contributed by atoms with Crippen LogP contribution in [0.1, 0.15) is 38.1 Å². The number of aromatic nitrogens is 1. The van der Waals surface area contributed by atoms with Crippen LogP contribution in [-0.2, 0) is 0 Å². The quantitative estimate of drug-likeness (QED) is 0.768. The van der Waals surface area contributed by atoms with E-state index < -0.39 is 0 Å². The van der Waals surface area contributed by atoms with Gasteiger partial charge >= 0.3 is 0 Å². The Morgan fingerprint density at radius 2 is 1.96 bits per heavy atom. The number of benzene rings is 1. The predicted molar refractivity (Wildman–Crippen MR) is 102 cm³/mol. The highest BCUT2D eigenvalue weighted by atomic mass is 35.5. The standard InChI is InChI=1S/C18H22ClN3S/c1-12(2)22(14(4)16-7-5-6-10-20-16)18(23)21-17-11-15(19)9-8-13(17)3/h5-12,14H,1-4H3,(H,21,23). The van der Waals surface area contributed by atoms with E-state index in [2.05, 4.69) is 36.0 Å². The lowest BCUT2D eigenvalue weighted by atomic mass is 10.1. The molecule has 0 radical (unpaired) electrons. The summed E-state index contributed by atoms with van der Waals surface area (Å²) in [5.74, 6) is 0. The van der Waals surface area contributed by atoms with Gasteiger partial charge in [-0.2, -0.15) is 0 Å². The molecule has 0 fully saturated rings. The molecular weight excluding hydrogens is 326 g/mol. The highest BCUT2D eigenvalue weighted by Crippen LogP contribution is 2.25. The molecule has 1 N–H and O–H groups in total. The SMILES string of the molecule is Cc1ccc(Cl)cc1NC(=S)N(C(C)C)C(C)c1ccccn1. The predicted octanol–water partition coefficient (Wildman–Crippen LogP) is 5.21. The van der Waals surface area contributed by atoms with E-state index in [0.29, 0.717) is 10.1 Å². The smallest absolute Gasteiger partial charge is 0.174 e. The fourth-order valence-electron chi connectivity index (χ4n) is 2.53. The van der Waals surface area contributed by atoms with Crippen molar-refractivity contribution in [2.75, 3.05) is 5.32 Å². The lowest BCUT2D eigenvalue weighted by molar-refractivity contribution is 0.280. The molecule has 23 heavy (non-hydrogen) atoms. The summed E-state index contributed by atoms with van der Waals surface area (Å²) in [6, 6.07) is 12.0. The second-order valence-electron chi connectivity index (χ2n) is 5.82. The van der Waals surface area contributed by atoms with Crippen LogP contribution in [0.4, 0.5) is 5.69 Å². The van der Waals surface area contributed by atoms with Crippen molar-refractivity contribution in [2.24, 2.45) is 0 Å². The van der Waals surface area contributed by atoms with Gasteiger partial charge in [0.15, 0.2) is 5.11 Å². The monoisotopic (exact) mass is 347 g/mol. The van der Waals surface area contributed by atoms with Gasteiger partial charge in [0.1, 0.15) is 0 Å². The van der Waals surface area contributed by atoms with Crippen LogP contribution in [0.3, 0.4) is 0 Å². The molecule has 0 saturated carbocycles. The van der Waals surface area contributed by atoms with E-state index in [9.17, 15) is 0 Å².